The van der Waals surface area contributed by atoms with Crippen molar-refractivity contribution >= 4 is 15.9 Å². The van der Waals surface area contributed by atoms with Crippen molar-refractivity contribution in [2.24, 2.45) is 0 Å². The van der Waals surface area contributed by atoms with Gasteiger partial charge in [-0.3, -0.25) is 4.98 Å². The van der Waals surface area contributed by atoms with E-state index in [-0.39, 0.29) is 0 Å². The zero-order valence-electron chi connectivity index (χ0n) is 6.26. The first kappa shape index (κ1) is 8.47. The standard InChI is InChI=1S/C9H10BrN/c1-2-3-4-8-5-9(10)7-11-6-8/h2,5-7H,1,3-4H2. The van der Waals surface area contributed by atoms with Crippen LogP contribution in [0.4, 0.5) is 0 Å². The number of halogens is 1. The molecule has 0 saturated heterocycles. The van der Waals surface area contributed by atoms with Gasteiger partial charge in [-0.15, -0.1) is 6.58 Å². The molecule has 11 heavy (non-hydrogen) atoms. The summed E-state index contributed by atoms with van der Waals surface area (Å²) >= 11 is 3.37. The van der Waals surface area contributed by atoms with E-state index >= 15 is 0 Å². The van der Waals surface area contributed by atoms with Gasteiger partial charge in [-0.25, -0.2) is 0 Å². The number of allylic oxidation sites excluding steroid dienone is 1. The van der Waals surface area contributed by atoms with Crippen LogP contribution in [0, 0.1) is 0 Å². The van der Waals surface area contributed by atoms with E-state index in [4.69, 9.17) is 0 Å². The van der Waals surface area contributed by atoms with Crippen LogP contribution in [0.2, 0.25) is 0 Å². The number of pyridine rings is 1. The van der Waals surface area contributed by atoms with Crippen molar-refractivity contribution in [1.82, 2.24) is 4.98 Å². The lowest BCUT2D eigenvalue weighted by Gasteiger charge is -1.96. The zero-order chi connectivity index (χ0) is 8.10. The summed E-state index contributed by atoms with van der Waals surface area (Å²) in [5.74, 6) is 0. The van der Waals surface area contributed by atoms with Gasteiger partial charge in [-0.05, 0) is 40.4 Å². The Balaban J connectivity index is 2.63. The van der Waals surface area contributed by atoms with Gasteiger partial charge in [0.05, 0.1) is 0 Å². The van der Waals surface area contributed by atoms with E-state index in [1.165, 1.54) is 5.56 Å². The summed E-state index contributed by atoms with van der Waals surface area (Å²) in [6.07, 6.45) is 7.63. The van der Waals surface area contributed by atoms with Gasteiger partial charge in [-0.1, -0.05) is 6.08 Å². The molecule has 0 aliphatic heterocycles. The van der Waals surface area contributed by atoms with Gasteiger partial charge in [0.2, 0.25) is 0 Å². The molecule has 0 aliphatic rings. The number of hydrogen-bond donors (Lipinski definition) is 0. The van der Waals surface area contributed by atoms with Gasteiger partial charge in [0.15, 0.2) is 0 Å². The molecule has 0 aromatic carbocycles. The molecular formula is C9H10BrN. The van der Waals surface area contributed by atoms with Gasteiger partial charge in [0, 0.05) is 16.9 Å². The largest absolute Gasteiger partial charge is 0.263 e. The minimum Gasteiger partial charge on any atom is -0.263 e. The Morgan fingerprint density at radius 2 is 2.36 bits per heavy atom. The Labute approximate surface area is 75.3 Å². The van der Waals surface area contributed by atoms with Crippen LogP contribution in [0.5, 0.6) is 0 Å². The Kier molecular flexibility index (Phi) is 3.30. The number of aromatic nitrogens is 1. The maximum absolute atomic E-state index is 4.06. The van der Waals surface area contributed by atoms with Crippen LogP contribution in [0.3, 0.4) is 0 Å². The fourth-order valence-corrected chi connectivity index (χ4v) is 1.27. The molecule has 0 atom stereocenters. The first-order valence-corrected chi connectivity index (χ1v) is 4.32. The van der Waals surface area contributed by atoms with Crippen LogP contribution in [0.1, 0.15) is 12.0 Å². The Hall–Kier alpha value is -0.630. The van der Waals surface area contributed by atoms with E-state index in [9.17, 15) is 0 Å². The molecule has 0 unspecified atom stereocenters. The second kappa shape index (κ2) is 4.29. The lowest BCUT2D eigenvalue weighted by Crippen LogP contribution is -1.84. The molecule has 0 N–H and O–H groups in total. The van der Waals surface area contributed by atoms with Crippen LogP contribution in [-0.4, -0.2) is 4.98 Å². The van der Waals surface area contributed by atoms with Crippen molar-refractivity contribution in [1.29, 1.82) is 0 Å². The molecule has 1 aromatic rings. The first-order chi connectivity index (χ1) is 5.33. The highest BCUT2D eigenvalue weighted by Crippen LogP contribution is 2.10. The van der Waals surface area contributed by atoms with Crippen molar-refractivity contribution in [2.45, 2.75) is 12.8 Å². The summed E-state index contributed by atoms with van der Waals surface area (Å²) in [5, 5.41) is 0. The average molecular weight is 212 g/mol. The third-order valence-corrected chi connectivity index (χ3v) is 1.83. The second-order valence-electron chi connectivity index (χ2n) is 2.34. The maximum Gasteiger partial charge on any atom is 0.0410 e. The van der Waals surface area contributed by atoms with E-state index < -0.39 is 0 Å². The second-order valence-corrected chi connectivity index (χ2v) is 3.25. The SMILES string of the molecule is C=CCCc1cncc(Br)c1. The topological polar surface area (TPSA) is 12.9 Å². The van der Waals surface area contributed by atoms with Crippen LogP contribution in [0.25, 0.3) is 0 Å². The Morgan fingerprint density at radius 3 is 3.00 bits per heavy atom. The van der Waals surface area contributed by atoms with E-state index in [0.717, 1.165) is 17.3 Å². The fraction of sp³-hybridized carbons (Fsp3) is 0.222. The first-order valence-electron chi connectivity index (χ1n) is 3.53. The number of rotatable bonds is 3. The summed E-state index contributed by atoms with van der Waals surface area (Å²) < 4.78 is 1.04. The van der Waals surface area contributed by atoms with Crippen molar-refractivity contribution in [2.75, 3.05) is 0 Å². The Morgan fingerprint density at radius 1 is 1.55 bits per heavy atom. The lowest BCUT2D eigenvalue weighted by atomic mass is 10.2. The molecule has 0 fully saturated rings. The number of hydrogen-bond acceptors (Lipinski definition) is 1. The van der Waals surface area contributed by atoms with Crippen molar-refractivity contribution < 1.29 is 0 Å². The van der Waals surface area contributed by atoms with Gasteiger partial charge in [0.25, 0.3) is 0 Å². The van der Waals surface area contributed by atoms with Gasteiger partial charge in [0.1, 0.15) is 0 Å². The summed E-state index contributed by atoms with van der Waals surface area (Å²) in [5.41, 5.74) is 1.25. The summed E-state index contributed by atoms with van der Waals surface area (Å²) in [4.78, 5) is 4.06. The fourth-order valence-electron chi connectivity index (χ4n) is 0.861. The average Bonchev–Trinajstić information content (AvgIpc) is 2.01. The minimum absolute atomic E-state index is 1.01. The van der Waals surface area contributed by atoms with E-state index in [1.807, 2.05) is 12.3 Å². The molecule has 2 heteroatoms. The lowest BCUT2D eigenvalue weighted by molar-refractivity contribution is 0.987. The van der Waals surface area contributed by atoms with Gasteiger partial charge >= 0.3 is 0 Å². The smallest absolute Gasteiger partial charge is 0.0410 e. The molecule has 1 aromatic heterocycles. The highest BCUT2D eigenvalue weighted by Gasteiger charge is 1.91. The molecular weight excluding hydrogens is 202 g/mol. The van der Waals surface area contributed by atoms with E-state index in [2.05, 4.69) is 33.6 Å². The molecule has 58 valence electrons. The van der Waals surface area contributed by atoms with Gasteiger partial charge in [-0.2, -0.15) is 0 Å². The van der Waals surface area contributed by atoms with Crippen molar-refractivity contribution in [3.8, 4) is 0 Å². The van der Waals surface area contributed by atoms with E-state index in [1.54, 1.807) is 6.20 Å². The molecule has 0 amide bonds. The van der Waals surface area contributed by atoms with Crippen LogP contribution in [-0.2, 0) is 6.42 Å². The van der Waals surface area contributed by atoms with E-state index in [0.29, 0.717) is 0 Å². The minimum atomic E-state index is 1.01. The zero-order valence-corrected chi connectivity index (χ0v) is 7.84. The van der Waals surface area contributed by atoms with Crippen molar-refractivity contribution in [3.05, 3.63) is 41.2 Å². The quantitative estimate of drug-likeness (QED) is 0.702. The Bertz CT molecular complexity index is 245. The summed E-state index contributed by atoms with van der Waals surface area (Å²) in [6.45, 7) is 3.67. The number of aryl methyl sites for hydroxylation is 1. The predicted octanol–water partition coefficient (Wildman–Crippen LogP) is 2.96. The molecule has 1 heterocycles. The summed E-state index contributed by atoms with van der Waals surface area (Å²) in [6, 6.07) is 2.08. The molecule has 0 bridgehead atoms. The third kappa shape index (κ3) is 2.85. The number of nitrogens with zero attached hydrogens (tertiary/aromatic N) is 1. The molecule has 0 spiro atoms. The molecule has 1 nitrogen and oxygen atoms in total. The summed E-state index contributed by atoms with van der Waals surface area (Å²) in [7, 11) is 0. The molecule has 0 aliphatic carbocycles. The normalized spacial score (nSPS) is 9.55. The third-order valence-electron chi connectivity index (χ3n) is 1.40. The highest BCUT2D eigenvalue weighted by molar-refractivity contribution is 9.10. The van der Waals surface area contributed by atoms with Crippen LogP contribution >= 0.6 is 15.9 Å². The van der Waals surface area contributed by atoms with Crippen molar-refractivity contribution in [3.63, 3.8) is 0 Å². The predicted molar refractivity (Wildman–Crippen MR) is 50.5 cm³/mol. The molecule has 0 radical (unpaired) electrons. The molecule has 1 rings (SSSR count). The van der Waals surface area contributed by atoms with Crippen LogP contribution < -0.4 is 0 Å². The van der Waals surface area contributed by atoms with Gasteiger partial charge < -0.3 is 0 Å². The molecule has 0 saturated carbocycles. The highest BCUT2D eigenvalue weighted by atomic mass is 79.9. The maximum atomic E-state index is 4.06. The monoisotopic (exact) mass is 211 g/mol. The van der Waals surface area contributed by atoms with Crippen LogP contribution in [0.15, 0.2) is 35.6 Å².